The van der Waals surface area contributed by atoms with E-state index in [1.165, 1.54) is 0 Å². The summed E-state index contributed by atoms with van der Waals surface area (Å²) in [5.74, 6) is -0.458. The molecular formula is C12H15BrClNO2. The van der Waals surface area contributed by atoms with Gasteiger partial charge in [0.2, 0.25) is 0 Å². The van der Waals surface area contributed by atoms with Crippen LogP contribution in [0.25, 0.3) is 0 Å². The van der Waals surface area contributed by atoms with Crippen molar-refractivity contribution in [3.05, 3.63) is 33.3 Å². The van der Waals surface area contributed by atoms with Crippen molar-refractivity contribution < 1.29 is 9.53 Å². The smallest absolute Gasteiger partial charge is 0.328 e. The van der Waals surface area contributed by atoms with Crippen LogP contribution in [0.4, 0.5) is 0 Å². The lowest BCUT2D eigenvalue weighted by Crippen LogP contribution is -2.31. The van der Waals surface area contributed by atoms with Gasteiger partial charge in [-0.05, 0) is 38.5 Å². The molecule has 94 valence electrons. The maximum absolute atomic E-state index is 11.8. The molecule has 1 unspecified atom stereocenters. The number of ether oxygens (including phenoxy) is 1. The van der Waals surface area contributed by atoms with Gasteiger partial charge in [-0.1, -0.05) is 33.6 Å². The van der Waals surface area contributed by atoms with Gasteiger partial charge in [0, 0.05) is 9.50 Å². The third-order valence-corrected chi connectivity index (χ3v) is 2.88. The molecule has 0 heterocycles. The molecule has 3 nitrogen and oxygen atoms in total. The highest BCUT2D eigenvalue weighted by Gasteiger charge is 2.24. The van der Waals surface area contributed by atoms with Crippen LogP contribution in [0.3, 0.4) is 0 Å². The molecule has 1 rings (SSSR count). The molecule has 0 aliphatic rings. The van der Waals surface area contributed by atoms with Crippen molar-refractivity contribution in [2.45, 2.75) is 32.4 Å². The third-order valence-electron chi connectivity index (χ3n) is 1.96. The Hall–Kier alpha value is -0.580. The van der Waals surface area contributed by atoms with Crippen LogP contribution in [0.5, 0.6) is 0 Å². The second kappa shape index (κ2) is 5.38. The summed E-state index contributed by atoms with van der Waals surface area (Å²) in [6.45, 7) is 5.40. The first-order chi connectivity index (χ1) is 7.70. The van der Waals surface area contributed by atoms with Gasteiger partial charge in [0.05, 0.1) is 0 Å². The molecule has 17 heavy (non-hydrogen) atoms. The fraction of sp³-hybridized carbons (Fsp3) is 0.417. The van der Waals surface area contributed by atoms with Gasteiger partial charge in [-0.25, -0.2) is 4.79 Å². The Bertz CT molecular complexity index is 429. The maximum atomic E-state index is 11.8. The molecule has 0 radical (unpaired) electrons. The molecule has 5 heteroatoms. The standard InChI is InChI=1S/C12H15BrClNO2/c1-12(2,3)17-11(16)10(15)8-5-4-7(14)6-9(8)13/h4-6,10H,15H2,1-3H3. The van der Waals surface area contributed by atoms with E-state index in [0.29, 0.717) is 15.1 Å². The topological polar surface area (TPSA) is 52.3 Å². The van der Waals surface area contributed by atoms with Gasteiger partial charge < -0.3 is 10.5 Å². The van der Waals surface area contributed by atoms with Crippen LogP contribution in [-0.2, 0) is 9.53 Å². The number of hydrogen-bond acceptors (Lipinski definition) is 3. The Morgan fingerprint density at radius 2 is 2.06 bits per heavy atom. The van der Waals surface area contributed by atoms with Gasteiger partial charge in [0.25, 0.3) is 0 Å². The highest BCUT2D eigenvalue weighted by Crippen LogP contribution is 2.27. The monoisotopic (exact) mass is 319 g/mol. The first-order valence-electron chi connectivity index (χ1n) is 5.14. The van der Waals surface area contributed by atoms with Crippen molar-refractivity contribution >= 4 is 33.5 Å². The van der Waals surface area contributed by atoms with E-state index < -0.39 is 17.6 Å². The van der Waals surface area contributed by atoms with Crippen LogP contribution in [-0.4, -0.2) is 11.6 Å². The summed E-state index contributed by atoms with van der Waals surface area (Å²) in [5.41, 5.74) is 5.96. The van der Waals surface area contributed by atoms with E-state index in [9.17, 15) is 4.79 Å². The summed E-state index contributed by atoms with van der Waals surface area (Å²) < 4.78 is 5.92. The SMILES string of the molecule is CC(C)(C)OC(=O)C(N)c1ccc(Cl)cc1Br. The summed E-state index contributed by atoms with van der Waals surface area (Å²) in [6, 6.07) is 4.27. The average Bonchev–Trinajstić information content (AvgIpc) is 2.14. The van der Waals surface area contributed by atoms with Gasteiger partial charge >= 0.3 is 5.97 Å². The number of nitrogens with two attached hydrogens (primary N) is 1. The Morgan fingerprint density at radius 1 is 1.47 bits per heavy atom. The predicted octanol–water partition coefficient (Wildman–Crippen LogP) is 3.44. The number of carbonyl (C=O) groups excluding carboxylic acids is 1. The fourth-order valence-electron chi connectivity index (χ4n) is 1.25. The van der Waals surface area contributed by atoms with Crippen LogP contribution in [0.15, 0.2) is 22.7 Å². The quantitative estimate of drug-likeness (QED) is 0.849. The molecule has 0 aliphatic carbocycles. The molecule has 2 N–H and O–H groups in total. The Morgan fingerprint density at radius 3 is 2.53 bits per heavy atom. The minimum Gasteiger partial charge on any atom is -0.459 e. The van der Waals surface area contributed by atoms with E-state index in [0.717, 1.165) is 0 Å². The normalized spacial score (nSPS) is 13.3. The molecule has 0 aliphatic heterocycles. The number of hydrogen-bond donors (Lipinski definition) is 1. The highest BCUT2D eigenvalue weighted by atomic mass is 79.9. The lowest BCUT2D eigenvalue weighted by atomic mass is 10.1. The summed E-state index contributed by atoms with van der Waals surface area (Å²) in [5, 5.41) is 0.581. The highest BCUT2D eigenvalue weighted by molar-refractivity contribution is 9.10. The van der Waals surface area contributed by atoms with E-state index in [1.54, 1.807) is 39.0 Å². The second-order valence-electron chi connectivity index (χ2n) is 4.68. The van der Waals surface area contributed by atoms with E-state index in [1.807, 2.05) is 0 Å². The molecule has 1 aromatic carbocycles. The van der Waals surface area contributed by atoms with E-state index in [-0.39, 0.29) is 0 Å². The molecule has 0 saturated carbocycles. The first-order valence-corrected chi connectivity index (χ1v) is 6.31. The van der Waals surface area contributed by atoms with Crippen LogP contribution >= 0.6 is 27.5 Å². The van der Waals surface area contributed by atoms with Gasteiger partial charge in [-0.2, -0.15) is 0 Å². The molecule has 1 atom stereocenters. The zero-order valence-corrected chi connectivity index (χ0v) is 12.3. The van der Waals surface area contributed by atoms with Crippen molar-refractivity contribution in [2.24, 2.45) is 5.73 Å². The van der Waals surface area contributed by atoms with E-state index in [4.69, 9.17) is 22.1 Å². The zero-order chi connectivity index (χ0) is 13.2. The largest absolute Gasteiger partial charge is 0.459 e. The van der Waals surface area contributed by atoms with Crippen LogP contribution in [0.1, 0.15) is 32.4 Å². The average molecular weight is 321 g/mol. The minimum absolute atomic E-state index is 0.458. The number of halogens is 2. The van der Waals surface area contributed by atoms with Crippen molar-refractivity contribution in [2.75, 3.05) is 0 Å². The summed E-state index contributed by atoms with van der Waals surface area (Å²) in [4.78, 5) is 11.8. The molecule has 0 bridgehead atoms. The first kappa shape index (κ1) is 14.5. The number of rotatable bonds is 2. The summed E-state index contributed by atoms with van der Waals surface area (Å²) >= 11 is 9.14. The van der Waals surface area contributed by atoms with Gasteiger partial charge in [-0.3, -0.25) is 0 Å². The van der Waals surface area contributed by atoms with Crippen molar-refractivity contribution in [3.8, 4) is 0 Å². The molecule has 0 fully saturated rings. The Labute approximate surface area is 114 Å². The summed E-state index contributed by atoms with van der Waals surface area (Å²) in [6.07, 6.45) is 0. The van der Waals surface area contributed by atoms with E-state index >= 15 is 0 Å². The lowest BCUT2D eigenvalue weighted by Gasteiger charge is -2.22. The van der Waals surface area contributed by atoms with Crippen molar-refractivity contribution in [3.63, 3.8) is 0 Å². The van der Waals surface area contributed by atoms with Crippen LogP contribution in [0, 0.1) is 0 Å². The van der Waals surface area contributed by atoms with Crippen molar-refractivity contribution in [1.29, 1.82) is 0 Å². The van der Waals surface area contributed by atoms with Crippen molar-refractivity contribution in [1.82, 2.24) is 0 Å². The van der Waals surface area contributed by atoms with Gasteiger partial charge in [-0.15, -0.1) is 0 Å². The van der Waals surface area contributed by atoms with Crippen LogP contribution in [0.2, 0.25) is 5.02 Å². The van der Waals surface area contributed by atoms with E-state index in [2.05, 4.69) is 15.9 Å². The minimum atomic E-state index is -0.819. The predicted molar refractivity (Wildman–Crippen MR) is 71.9 cm³/mol. The van der Waals surface area contributed by atoms with Crippen LogP contribution < -0.4 is 5.73 Å². The summed E-state index contributed by atoms with van der Waals surface area (Å²) in [7, 11) is 0. The molecule has 1 aromatic rings. The molecular weight excluding hydrogens is 305 g/mol. The molecule has 0 amide bonds. The lowest BCUT2D eigenvalue weighted by molar-refractivity contribution is -0.156. The Kier molecular flexibility index (Phi) is 4.58. The molecule has 0 aromatic heterocycles. The number of esters is 1. The maximum Gasteiger partial charge on any atom is 0.328 e. The number of benzene rings is 1. The zero-order valence-electron chi connectivity index (χ0n) is 9.96. The van der Waals surface area contributed by atoms with Gasteiger partial charge in [0.15, 0.2) is 0 Å². The fourth-order valence-corrected chi connectivity index (χ4v) is 2.18. The second-order valence-corrected chi connectivity index (χ2v) is 5.97. The molecule has 0 saturated heterocycles. The third kappa shape index (κ3) is 4.30. The van der Waals surface area contributed by atoms with Gasteiger partial charge in [0.1, 0.15) is 11.6 Å². The Balaban J connectivity index is 2.89. The molecule has 0 spiro atoms. The number of carbonyl (C=O) groups is 1.